The lowest BCUT2D eigenvalue weighted by Gasteiger charge is -2.11. The van der Waals surface area contributed by atoms with E-state index in [0.29, 0.717) is 5.69 Å². The van der Waals surface area contributed by atoms with E-state index in [4.69, 9.17) is 0 Å². The lowest BCUT2D eigenvalue weighted by atomic mass is 10.2. The monoisotopic (exact) mass is 248 g/mol. The molecule has 1 aromatic heterocycles. The molecule has 1 aromatic carbocycles. The molecule has 0 bridgehead atoms. The highest BCUT2D eigenvalue weighted by molar-refractivity contribution is 5.98. The van der Waals surface area contributed by atoms with Gasteiger partial charge in [-0.1, -0.05) is 6.92 Å². The van der Waals surface area contributed by atoms with Gasteiger partial charge in [0, 0.05) is 24.0 Å². The first-order valence-corrected chi connectivity index (χ1v) is 6.08. The lowest BCUT2D eigenvalue weighted by molar-refractivity contribution is 0.0931. The number of nitrogens with one attached hydrogen (secondary N) is 1. The molecule has 1 atom stereocenters. The predicted molar refractivity (Wildman–Crippen MR) is 70.1 cm³/mol. The molecule has 0 aliphatic rings. The van der Waals surface area contributed by atoms with Gasteiger partial charge in [-0.2, -0.15) is 0 Å². The minimum Gasteiger partial charge on any atom is -0.348 e. The summed E-state index contributed by atoms with van der Waals surface area (Å²) in [4.78, 5) is 12.1. The van der Waals surface area contributed by atoms with Gasteiger partial charge in [0.25, 0.3) is 5.91 Å². The zero-order valence-electron chi connectivity index (χ0n) is 10.8. The number of amides is 1. The second-order valence-corrected chi connectivity index (χ2v) is 4.57. The van der Waals surface area contributed by atoms with Gasteiger partial charge in [0.2, 0.25) is 0 Å². The molecule has 2 aromatic rings. The topological polar surface area (TPSA) is 34.0 Å². The van der Waals surface area contributed by atoms with Gasteiger partial charge in [-0.15, -0.1) is 0 Å². The molecule has 96 valence electrons. The minimum absolute atomic E-state index is 0.122. The average Bonchev–Trinajstić information content (AvgIpc) is 2.66. The number of fused-ring (bicyclic) bond motifs is 1. The number of rotatable bonds is 3. The quantitative estimate of drug-likeness (QED) is 0.890. The summed E-state index contributed by atoms with van der Waals surface area (Å²) in [6.45, 7) is 3.97. The predicted octanol–water partition coefficient (Wildman–Crippen LogP) is 2.85. The molecule has 0 saturated heterocycles. The fourth-order valence-corrected chi connectivity index (χ4v) is 1.94. The van der Waals surface area contributed by atoms with Crippen LogP contribution in [0, 0.1) is 5.82 Å². The van der Waals surface area contributed by atoms with E-state index in [1.54, 1.807) is 16.7 Å². The Hall–Kier alpha value is -1.84. The minimum atomic E-state index is -0.290. The largest absolute Gasteiger partial charge is 0.348 e. The highest BCUT2D eigenvalue weighted by Gasteiger charge is 2.14. The van der Waals surface area contributed by atoms with Gasteiger partial charge in [-0.25, -0.2) is 4.39 Å². The second-order valence-electron chi connectivity index (χ2n) is 4.57. The molecule has 1 amide bonds. The molecular weight excluding hydrogens is 231 g/mol. The van der Waals surface area contributed by atoms with Crippen molar-refractivity contribution in [3.8, 4) is 0 Å². The molecule has 2 rings (SSSR count). The second kappa shape index (κ2) is 4.80. The molecule has 1 unspecified atom stereocenters. The Labute approximate surface area is 106 Å². The number of hydrogen-bond acceptors (Lipinski definition) is 1. The molecule has 1 N–H and O–H groups in total. The summed E-state index contributed by atoms with van der Waals surface area (Å²) in [6.07, 6.45) is 0.879. The number of aromatic nitrogens is 1. The van der Waals surface area contributed by atoms with Gasteiger partial charge in [-0.05, 0) is 37.6 Å². The summed E-state index contributed by atoms with van der Waals surface area (Å²) in [6, 6.07) is 6.38. The van der Waals surface area contributed by atoms with Crippen LogP contribution in [0.15, 0.2) is 24.3 Å². The number of benzene rings is 1. The number of hydrogen-bond donors (Lipinski definition) is 1. The average molecular weight is 248 g/mol. The van der Waals surface area contributed by atoms with Crippen LogP contribution in [-0.2, 0) is 7.05 Å². The third-order valence-electron chi connectivity index (χ3n) is 3.23. The summed E-state index contributed by atoms with van der Waals surface area (Å²) in [5.74, 6) is -0.412. The molecule has 0 aliphatic carbocycles. The summed E-state index contributed by atoms with van der Waals surface area (Å²) < 4.78 is 14.9. The van der Waals surface area contributed by atoms with E-state index in [1.165, 1.54) is 12.1 Å². The fraction of sp³-hybridized carbons (Fsp3) is 0.357. The van der Waals surface area contributed by atoms with E-state index in [2.05, 4.69) is 5.32 Å². The number of nitrogens with zero attached hydrogens (tertiary/aromatic N) is 1. The summed E-state index contributed by atoms with van der Waals surface area (Å²) >= 11 is 0. The van der Waals surface area contributed by atoms with E-state index in [1.807, 2.05) is 20.9 Å². The Bertz CT molecular complexity index is 589. The first-order valence-electron chi connectivity index (χ1n) is 6.08. The molecule has 1 heterocycles. The van der Waals surface area contributed by atoms with Crippen LogP contribution in [0.4, 0.5) is 4.39 Å². The summed E-state index contributed by atoms with van der Waals surface area (Å²) in [7, 11) is 1.81. The van der Waals surface area contributed by atoms with Crippen LogP contribution in [0.25, 0.3) is 10.9 Å². The van der Waals surface area contributed by atoms with Crippen LogP contribution in [0.3, 0.4) is 0 Å². The number of carbonyl (C=O) groups is 1. The van der Waals surface area contributed by atoms with E-state index in [9.17, 15) is 9.18 Å². The molecule has 0 saturated carbocycles. The standard InChI is InChI=1S/C14H17FN2O/c1-4-9(2)16-14(18)13-8-10-7-11(15)5-6-12(10)17(13)3/h5-9H,4H2,1-3H3,(H,16,18). The van der Waals surface area contributed by atoms with Crippen molar-refractivity contribution < 1.29 is 9.18 Å². The summed E-state index contributed by atoms with van der Waals surface area (Å²) in [5.41, 5.74) is 1.40. The van der Waals surface area contributed by atoms with Crippen LogP contribution < -0.4 is 5.32 Å². The maximum Gasteiger partial charge on any atom is 0.268 e. The normalized spacial score (nSPS) is 12.7. The number of halogens is 1. The summed E-state index contributed by atoms with van der Waals surface area (Å²) in [5, 5.41) is 3.65. The third-order valence-corrected chi connectivity index (χ3v) is 3.23. The van der Waals surface area contributed by atoms with E-state index in [0.717, 1.165) is 17.3 Å². The van der Waals surface area contributed by atoms with Crippen molar-refractivity contribution in [3.05, 3.63) is 35.8 Å². The van der Waals surface area contributed by atoms with Gasteiger partial charge in [0.15, 0.2) is 0 Å². The van der Waals surface area contributed by atoms with Crippen LogP contribution in [-0.4, -0.2) is 16.5 Å². The molecule has 0 fully saturated rings. The van der Waals surface area contributed by atoms with E-state index >= 15 is 0 Å². The van der Waals surface area contributed by atoms with Crippen molar-refractivity contribution in [2.24, 2.45) is 7.05 Å². The molecule has 0 aliphatic heterocycles. The molecule has 0 spiro atoms. The van der Waals surface area contributed by atoms with Gasteiger partial charge >= 0.3 is 0 Å². The Balaban J connectivity index is 2.39. The van der Waals surface area contributed by atoms with Gasteiger partial charge in [-0.3, -0.25) is 4.79 Å². The Morgan fingerprint density at radius 1 is 1.44 bits per heavy atom. The molecule has 4 heteroatoms. The molecule has 18 heavy (non-hydrogen) atoms. The van der Waals surface area contributed by atoms with Crippen LogP contribution in [0.5, 0.6) is 0 Å². The zero-order valence-corrected chi connectivity index (χ0v) is 10.8. The van der Waals surface area contributed by atoms with Crippen molar-refractivity contribution >= 4 is 16.8 Å². The fourth-order valence-electron chi connectivity index (χ4n) is 1.94. The number of carbonyl (C=O) groups excluding carboxylic acids is 1. The van der Waals surface area contributed by atoms with Crippen molar-refractivity contribution in [1.29, 1.82) is 0 Å². The zero-order chi connectivity index (χ0) is 13.3. The van der Waals surface area contributed by atoms with Crippen molar-refractivity contribution in [1.82, 2.24) is 9.88 Å². The maximum atomic E-state index is 13.1. The van der Waals surface area contributed by atoms with Crippen molar-refractivity contribution in [3.63, 3.8) is 0 Å². The Morgan fingerprint density at radius 3 is 2.83 bits per heavy atom. The molecule has 0 radical (unpaired) electrons. The van der Waals surface area contributed by atoms with Crippen LogP contribution in [0.2, 0.25) is 0 Å². The number of aryl methyl sites for hydroxylation is 1. The first-order chi connectivity index (χ1) is 8.52. The first kappa shape index (κ1) is 12.6. The molecule has 3 nitrogen and oxygen atoms in total. The maximum absolute atomic E-state index is 13.1. The van der Waals surface area contributed by atoms with Gasteiger partial charge in [0.05, 0.1) is 0 Å². The van der Waals surface area contributed by atoms with Crippen LogP contribution in [0.1, 0.15) is 30.8 Å². The highest BCUT2D eigenvalue weighted by Crippen LogP contribution is 2.19. The third kappa shape index (κ3) is 2.23. The van der Waals surface area contributed by atoms with Gasteiger partial charge < -0.3 is 9.88 Å². The Morgan fingerprint density at radius 2 is 2.17 bits per heavy atom. The van der Waals surface area contributed by atoms with Crippen molar-refractivity contribution in [2.75, 3.05) is 0 Å². The van der Waals surface area contributed by atoms with Crippen molar-refractivity contribution in [2.45, 2.75) is 26.3 Å². The van der Waals surface area contributed by atoms with E-state index < -0.39 is 0 Å². The lowest BCUT2D eigenvalue weighted by Crippen LogP contribution is -2.33. The van der Waals surface area contributed by atoms with Gasteiger partial charge in [0.1, 0.15) is 11.5 Å². The smallest absolute Gasteiger partial charge is 0.268 e. The SMILES string of the molecule is CCC(C)NC(=O)c1cc2cc(F)ccc2n1C. The highest BCUT2D eigenvalue weighted by atomic mass is 19.1. The Kier molecular flexibility index (Phi) is 3.36. The van der Waals surface area contributed by atoms with E-state index in [-0.39, 0.29) is 17.8 Å². The molecular formula is C14H17FN2O. The van der Waals surface area contributed by atoms with Crippen LogP contribution >= 0.6 is 0 Å².